The van der Waals surface area contributed by atoms with Gasteiger partial charge in [-0.2, -0.15) is 0 Å². The number of rotatable bonds is 7. The molecular formula is C22H30N4O2. The first-order chi connectivity index (χ1) is 13.6. The molecule has 1 unspecified atom stereocenters. The van der Waals surface area contributed by atoms with Gasteiger partial charge in [0, 0.05) is 25.8 Å². The van der Waals surface area contributed by atoms with Gasteiger partial charge in [-0.05, 0) is 43.8 Å². The Morgan fingerprint density at radius 2 is 1.93 bits per heavy atom. The zero-order valence-corrected chi connectivity index (χ0v) is 17.0. The van der Waals surface area contributed by atoms with E-state index in [1.54, 1.807) is 6.20 Å². The van der Waals surface area contributed by atoms with Gasteiger partial charge in [0.05, 0.1) is 24.8 Å². The Balaban J connectivity index is 1.71. The Morgan fingerprint density at radius 3 is 2.57 bits per heavy atom. The van der Waals surface area contributed by atoms with E-state index in [2.05, 4.69) is 51.3 Å². The zero-order valence-electron chi connectivity index (χ0n) is 17.0. The third kappa shape index (κ3) is 4.88. The van der Waals surface area contributed by atoms with E-state index in [1.165, 1.54) is 11.1 Å². The van der Waals surface area contributed by atoms with Crippen LogP contribution in [0.25, 0.3) is 0 Å². The van der Waals surface area contributed by atoms with E-state index in [0.717, 1.165) is 25.3 Å². The number of ether oxygens (including phenoxy) is 1. The summed E-state index contributed by atoms with van der Waals surface area (Å²) in [5, 5.41) is 3.11. The van der Waals surface area contributed by atoms with Crippen LogP contribution in [0.3, 0.4) is 0 Å². The number of benzene rings is 1. The number of hydrogen-bond acceptors (Lipinski definition) is 5. The average molecular weight is 383 g/mol. The number of carbonyl (C=O) groups excluding carboxylic acids is 1. The Kier molecular flexibility index (Phi) is 7.01. The summed E-state index contributed by atoms with van der Waals surface area (Å²) in [5.41, 5.74) is 3.13. The number of amides is 1. The van der Waals surface area contributed by atoms with Crippen molar-refractivity contribution in [3.05, 3.63) is 59.3 Å². The first-order valence-electron chi connectivity index (χ1n) is 9.91. The second-order valence-electron chi connectivity index (χ2n) is 7.26. The fourth-order valence-corrected chi connectivity index (χ4v) is 3.46. The standard InChI is InChI=1S/C22H30N4O2/c1-4-17-7-9-18(10-8-17)20(25(2)3)16-24-22(27)19-6-5-11-23-21(19)26-12-14-28-15-13-26/h5-11,20H,4,12-16H2,1-3H3,(H,24,27). The molecule has 0 bridgehead atoms. The summed E-state index contributed by atoms with van der Waals surface area (Å²) in [6.07, 6.45) is 2.76. The molecule has 1 amide bonds. The highest BCUT2D eigenvalue weighted by Gasteiger charge is 2.21. The number of hydrogen-bond donors (Lipinski definition) is 1. The molecule has 1 aromatic heterocycles. The predicted molar refractivity (Wildman–Crippen MR) is 112 cm³/mol. The number of nitrogens with one attached hydrogen (secondary N) is 1. The smallest absolute Gasteiger partial charge is 0.255 e. The van der Waals surface area contributed by atoms with E-state index in [0.29, 0.717) is 25.3 Å². The average Bonchev–Trinajstić information content (AvgIpc) is 2.74. The van der Waals surface area contributed by atoms with Gasteiger partial charge in [-0.25, -0.2) is 4.98 Å². The lowest BCUT2D eigenvalue weighted by Gasteiger charge is -2.29. The maximum atomic E-state index is 12.9. The minimum atomic E-state index is -0.0911. The van der Waals surface area contributed by atoms with Crippen molar-refractivity contribution in [1.29, 1.82) is 0 Å². The Hall–Kier alpha value is -2.44. The fraction of sp³-hybridized carbons (Fsp3) is 0.455. The highest BCUT2D eigenvalue weighted by Crippen LogP contribution is 2.21. The van der Waals surface area contributed by atoms with Crippen molar-refractivity contribution in [3.63, 3.8) is 0 Å². The van der Waals surface area contributed by atoms with Gasteiger partial charge in [0.1, 0.15) is 5.82 Å². The SMILES string of the molecule is CCc1ccc(C(CNC(=O)c2cccnc2N2CCOCC2)N(C)C)cc1. The van der Waals surface area contributed by atoms with Gasteiger partial charge in [-0.1, -0.05) is 31.2 Å². The molecule has 0 aliphatic carbocycles. The number of pyridine rings is 1. The molecule has 1 N–H and O–H groups in total. The van der Waals surface area contributed by atoms with Gasteiger partial charge in [0.15, 0.2) is 0 Å². The number of likely N-dealkylation sites (N-methyl/N-ethyl adjacent to an activating group) is 1. The topological polar surface area (TPSA) is 57.7 Å². The van der Waals surface area contributed by atoms with E-state index in [-0.39, 0.29) is 11.9 Å². The predicted octanol–water partition coefficient (Wildman–Crippen LogP) is 2.51. The third-order valence-electron chi connectivity index (χ3n) is 5.19. The monoisotopic (exact) mass is 382 g/mol. The molecule has 1 aromatic carbocycles. The molecular weight excluding hydrogens is 352 g/mol. The van der Waals surface area contributed by atoms with Crippen LogP contribution in [-0.2, 0) is 11.2 Å². The second kappa shape index (κ2) is 9.66. The van der Waals surface area contributed by atoms with E-state index in [4.69, 9.17) is 4.74 Å². The zero-order chi connectivity index (χ0) is 19.9. The molecule has 2 aromatic rings. The Morgan fingerprint density at radius 1 is 1.21 bits per heavy atom. The summed E-state index contributed by atoms with van der Waals surface area (Å²) in [7, 11) is 4.07. The van der Waals surface area contributed by atoms with Crippen LogP contribution >= 0.6 is 0 Å². The van der Waals surface area contributed by atoms with Crippen LogP contribution in [0.2, 0.25) is 0 Å². The van der Waals surface area contributed by atoms with Crippen LogP contribution in [0.4, 0.5) is 5.82 Å². The van der Waals surface area contributed by atoms with Crippen molar-refractivity contribution < 1.29 is 9.53 Å². The maximum absolute atomic E-state index is 12.9. The van der Waals surface area contributed by atoms with Crippen molar-refractivity contribution in [2.75, 3.05) is 51.8 Å². The van der Waals surface area contributed by atoms with Crippen LogP contribution in [-0.4, -0.2) is 62.7 Å². The van der Waals surface area contributed by atoms with Crippen LogP contribution < -0.4 is 10.2 Å². The minimum Gasteiger partial charge on any atom is -0.378 e. The largest absolute Gasteiger partial charge is 0.378 e. The van der Waals surface area contributed by atoms with Gasteiger partial charge in [0.2, 0.25) is 0 Å². The summed E-state index contributed by atoms with van der Waals surface area (Å²) >= 11 is 0. The Bertz CT molecular complexity index is 770. The van der Waals surface area contributed by atoms with Gasteiger partial charge < -0.3 is 19.9 Å². The fourth-order valence-electron chi connectivity index (χ4n) is 3.46. The highest BCUT2D eigenvalue weighted by atomic mass is 16.5. The quantitative estimate of drug-likeness (QED) is 0.797. The molecule has 0 spiro atoms. The summed E-state index contributed by atoms with van der Waals surface area (Å²) < 4.78 is 5.42. The van der Waals surface area contributed by atoms with Gasteiger partial charge >= 0.3 is 0 Å². The van der Waals surface area contributed by atoms with Crippen LogP contribution in [0, 0.1) is 0 Å². The molecule has 6 heteroatoms. The number of morpholine rings is 1. The van der Waals surface area contributed by atoms with Gasteiger partial charge in [-0.15, -0.1) is 0 Å². The number of nitrogens with zero attached hydrogens (tertiary/aromatic N) is 3. The van der Waals surface area contributed by atoms with Crippen LogP contribution in [0.5, 0.6) is 0 Å². The molecule has 1 saturated heterocycles. The van der Waals surface area contributed by atoms with Gasteiger partial charge in [-0.3, -0.25) is 4.79 Å². The van der Waals surface area contributed by atoms with E-state index in [1.807, 2.05) is 26.2 Å². The molecule has 1 aliphatic rings. The first kappa shape index (κ1) is 20.3. The van der Waals surface area contributed by atoms with E-state index in [9.17, 15) is 4.79 Å². The van der Waals surface area contributed by atoms with E-state index >= 15 is 0 Å². The normalized spacial score (nSPS) is 15.5. The molecule has 0 saturated carbocycles. The van der Waals surface area contributed by atoms with Crippen molar-refractivity contribution >= 4 is 11.7 Å². The summed E-state index contributed by atoms with van der Waals surface area (Å²) in [6.45, 7) is 5.51. The summed E-state index contributed by atoms with van der Waals surface area (Å²) in [4.78, 5) is 21.7. The minimum absolute atomic E-state index is 0.0911. The van der Waals surface area contributed by atoms with Crippen molar-refractivity contribution in [2.45, 2.75) is 19.4 Å². The van der Waals surface area contributed by atoms with Crippen molar-refractivity contribution in [1.82, 2.24) is 15.2 Å². The Labute approximate surface area is 167 Å². The molecule has 1 fully saturated rings. The van der Waals surface area contributed by atoms with Crippen molar-refractivity contribution in [2.24, 2.45) is 0 Å². The number of anilines is 1. The van der Waals surface area contributed by atoms with E-state index < -0.39 is 0 Å². The number of aryl methyl sites for hydroxylation is 1. The maximum Gasteiger partial charge on any atom is 0.255 e. The molecule has 3 rings (SSSR count). The molecule has 150 valence electrons. The summed E-state index contributed by atoms with van der Waals surface area (Å²) in [5.74, 6) is 0.642. The van der Waals surface area contributed by atoms with Gasteiger partial charge in [0.25, 0.3) is 5.91 Å². The summed E-state index contributed by atoms with van der Waals surface area (Å²) in [6, 6.07) is 12.4. The molecule has 0 radical (unpaired) electrons. The van der Waals surface area contributed by atoms with Crippen molar-refractivity contribution in [3.8, 4) is 0 Å². The molecule has 2 heterocycles. The number of aromatic nitrogens is 1. The molecule has 1 atom stereocenters. The van der Waals surface area contributed by atoms with Crippen LogP contribution in [0.1, 0.15) is 34.5 Å². The molecule has 28 heavy (non-hydrogen) atoms. The van der Waals surface area contributed by atoms with Crippen LogP contribution in [0.15, 0.2) is 42.6 Å². The first-order valence-corrected chi connectivity index (χ1v) is 9.91. The lowest BCUT2D eigenvalue weighted by molar-refractivity contribution is 0.0940. The number of carbonyl (C=O) groups is 1. The lowest BCUT2D eigenvalue weighted by atomic mass is 10.0. The third-order valence-corrected chi connectivity index (χ3v) is 5.19. The molecule has 6 nitrogen and oxygen atoms in total. The second-order valence-corrected chi connectivity index (χ2v) is 7.26. The lowest BCUT2D eigenvalue weighted by Crippen LogP contribution is -2.39. The highest BCUT2D eigenvalue weighted by molar-refractivity contribution is 5.98. The molecule has 1 aliphatic heterocycles.